The second-order valence-corrected chi connectivity index (χ2v) is 8.00. The molecule has 0 aliphatic carbocycles. The predicted molar refractivity (Wildman–Crippen MR) is 147 cm³/mol. The molecule has 34 heavy (non-hydrogen) atoms. The van der Waals surface area contributed by atoms with E-state index in [4.69, 9.17) is 4.74 Å². The minimum absolute atomic E-state index is 0. The van der Waals surface area contributed by atoms with Crippen LogP contribution < -0.4 is 20.3 Å². The fraction of sp³-hybridized carbons (Fsp3) is 0.400. The second-order valence-electron chi connectivity index (χ2n) is 8.00. The minimum atomic E-state index is -0.00923. The highest BCUT2D eigenvalue weighted by atomic mass is 127. The molecule has 0 unspecified atom stereocenters. The van der Waals surface area contributed by atoms with Gasteiger partial charge in [0.15, 0.2) is 12.6 Å². The molecular formula is C25H33IN6O2. The van der Waals surface area contributed by atoms with Gasteiger partial charge in [0.05, 0.1) is 16.7 Å². The lowest BCUT2D eigenvalue weighted by Crippen LogP contribution is -2.40. The summed E-state index contributed by atoms with van der Waals surface area (Å²) in [6.07, 6.45) is 1.74. The van der Waals surface area contributed by atoms with Gasteiger partial charge in [-0.15, -0.1) is 24.0 Å². The molecule has 0 saturated carbocycles. The summed E-state index contributed by atoms with van der Waals surface area (Å²) in [5, 5.41) is 6.72. The van der Waals surface area contributed by atoms with Gasteiger partial charge in [0, 0.05) is 32.7 Å². The number of amides is 1. The molecule has 2 aromatic carbocycles. The van der Waals surface area contributed by atoms with Gasteiger partial charge in [0.25, 0.3) is 5.91 Å². The first-order valence-corrected chi connectivity index (χ1v) is 11.6. The van der Waals surface area contributed by atoms with E-state index < -0.39 is 0 Å². The summed E-state index contributed by atoms with van der Waals surface area (Å²) in [6.45, 7) is 7.97. The molecule has 0 atom stereocenters. The van der Waals surface area contributed by atoms with E-state index in [0.717, 1.165) is 61.2 Å². The number of para-hydroxylation sites is 4. The summed E-state index contributed by atoms with van der Waals surface area (Å²) in [5.41, 5.74) is 3.05. The molecule has 1 aliphatic rings. The highest BCUT2D eigenvalue weighted by molar-refractivity contribution is 14.0. The molecule has 0 saturated heterocycles. The van der Waals surface area contributed by atoms with Gasteiger partial charge in [0.1, 0.15) is 11.6 Å². The number of hydrogen-bond acceptors (Lipinski definition) is 4. The fourth-order valence-corrected chi connectivity index (χ4v) is 4.08. The number of ether oxygens (including phenoxy) is 1. The summed E-state index contributed by atoms with van der Waals surface area (Å²) in [4.78, 5) is 23.4. The third-order valence-corrected chi connectivity index (χ3v) is 5.66. The van der Waals surface area contributed by atoms with Crippen molar-refractivity contribution in [1.82, 2.24) is 20.2 Å². The Morgan fingerprint density at radius 1 is 1.09 bits per heavy atom. The minimum Gasteiger partial charge on any atom is -0.482 e. The maximum atomic E-state index is 12.3. The molecule has 1 amide bonds. The van der Waals surface area contributed by atoms with E-state index in [1.54, 1.807) is 4.90 Å². The van der Waals surface area contributed by atoms with Crippen LogP contribution in [0.5, 0.6) is 5.75 Å². The molecule has 0 fully saturated rings. The van der Waals surface area contributed by atoms with Crippen LogP contribution >= 0.6 is 24.0 Å². The van der Waals surface area contributed by atoms with E-state index in [1.807, 2.05) is 30.3 Å². The first-order chi connectivity index (χ1) is 16.2. The summed E-state index contributed by atoms with van der Waals surface area (Å²) in [5.74, 6) is 2.59. The topological polar surface area (TPSA) is 83.8 Å². The van der Waals surface area contributed by atoms with Crippen LogP contribution in [0.25, 0.3) is 11.0 Å². The first kappa shape index (κ1) is 25.8. The number of nitrogens with one attached hydrogen (secondary N) is 2. The number of aryl methyl sites for hydroxylation is 2. The van der Waals surface area contributed by atoms with Crippen LogP contribution in [0.4, 0.5) is 5.69 Å². The molecule has 0 bridgehead atoms. The molecule has 1 aliphatic heterocycles. The number of hydrogen-bond donors (Lipinski definition) is 2. The van der Waals surface area contributed by atoms with Crippen LogP contribution in [-0.4, -0.2) is 54.2 Å². The van der Waals surface area contributed by atoms with Gasteiger partial charge in [0.2, 0.25) is 0 Å². The number of halogens is 1. The molecular weight excluding hydrogens is 543 g/mol. The van der Waals surface area contributed by atoms with Crippen molar-refractivity contribution in [1.29, 1.82) is 0 Å². The van der Waals surface area contributed by atoms with Crippen LogP contribution in [-0.2, 0) is 11.3 Å². The Hall–Kier alpha value is -2.82. The van der Waals surface area contributed by atoms with Gasteiger partial charge in [-0.25, -0.2) is 4.98 Å². The Morgan fingerprint density at radius 3 is 2.74 bits per heavy atom. The largest absolute Gasteiger partial charge is 0.482 e. The number of fused-ring (bicyclic) bond motifs is 2. The summed E-state index contributed by atoms with van der Waals surface area (Å²) >= 11 is 0. The number of benzene rings is 2. The lowest BCUT2D eigenvalue weighted by atomic mass is 10.2. The summed E-state index contributed by atoms with van der Waals surface area (Å²) in [6, 6.07) is 15.9. The monoisotopic (exact) mass is 576 g/mol. The van der Waals surface area contributed by atoms with Gasteiger partial charge in [-0.05, 0) is 51.0 Å². The number of anilines is 1. The standard InChI is InChI=1S/C25H32N6O2.HI/c1-3-26-25(27-14-8-16-30-19(2)29-20-10-4-5-11-21(20)30)28-15-9-17-31-22-12-6-7-13-23(22)33-18-24(31)32;/h4-7,10-13H,3,8-9,14-18H2,1-2H3,(H2,26,27,28);1H. The Bertz CT molecular complexity index is 1130. The van der Waals surface area contributed by atoms with E-state index in [9.17, 15) is 4.79 Å². The summed E-state index contributed by atoms with van der Waals surface area (Å²) < 4.78 is 7.77. The zero-order chi connectivity index (χ0) is 23.0. The summed E-state index contributed by atoms with van der Waals surface area (Å²) in [7, 11) is 0. The number of imidazole rings is 1. The number of aliphatic imine (C=N–C) groups is 1. The molecule has 0 spiro atoms. The van der Waals surface area contributed by atoms with Crippen LogP contribution in [0.15, 0.2) is 53.5 Å². The molecule has 0 radical (unpaired) electrons. The smallest absolute Gasteiger partial charge is 0.265 e. The average Bonchev–Trinajstić information content (AvgIpc) is 3.15. The Kier molecular flexibility index (Phi) is 9.55. The van der Waals surface area contributed by atoms with Crippen molar-refractivity contribution >= 4 is 52.6 Å². The van der Waals surface area contributed by atoms with Gasteiger partial charge >= 0.3 is 0 Å². The number of nitrogens with zero attached hydrogens (tertiary/aromatic N) is 4. The molecule has 1 aromatic heterocycles. The fourth-order valence-electron chi connectivity index (χ4n) is 4.08. The van der Waals surface area contributed by atoms with Gasteiger partial charge in [-0.2, -0.15) is 0 Å². The van der Waals surface area contributed by atoms with Crippen molar-refractivity contribution in [3.63, 3.8) is 0 Å². The number of carbonyl (C=O) groups excluding carboxylic acids is 1. The van der Waals surface area contributed by atoms with Crippen molar-refractivity contribution in [3.05, 3.63) is 54.4 Å². The highest BCUT2D eigenvalue weighted by Gasteiger charge is 2.24. The predicted octanol–water partition coefficient (Wildman–Crippen LogP) is 3.72. The van der Waals surface area contributed by atoms with Crippen LogP contribution in [0.3, 0.4) is 0 Å². The van der Waals surface area contributed by atoms with Gasteiger partial charge in [-0.1, -0.05) is 24.3 Å². The van der Waals surface area contributed by atoms with Crippen LogP contribution in [0.1, 0.15) is 25.6 Å². The number of carbonyl (C=O) groups is 1. The van der Waals surface area contributed by atoms with E-state index in [-0.39, 0.29) is 36.5 Å². The zero-order valence-electron chi connectivity index (χ0n) is 19.8. The molecule has 182 valence electrons. The van der Waals surface area contributed by atoms with E-state index >= 15 is 0 Å². The normalized spacial score (nSPS) is 13.3. The molecule has 4 rings (SSSR count). The SMILES string of the molecule is CCNC(=NCCCN1C(=O)COc2ccccc21)NCCCn1c(C)nc2ccccc21.I. The quantitative estimate of drug-likeness (QED) is 0.176. The third kappa shape index (κ3) is 6.19. The Morgan fingerprint density at radius 2 is 1.88 bits per heavy atom. The van der Waals surface area contributed by atoms with Crippen molar-refractivity contribution < 1.29 is 9.53 Å². The van der Waals surface area contributed by atoms with Gasteiger partial charge in [-0.3, -0.25) is 9.79 Å². The second kappa shape index (κ2) is 12.6. The number of guanidine groups is 1. The molecule has 8 nitrogen and oxygen atoms in total. The number of aromatic nitrogens is 2. The lowest BCUT2D eigenvalue weighted by molar-refractivity contribution is -0.121. The van der Waals surface area contributed by atoms with Crippen LogP contribution in [0.2, 0.25) is 0 Å². The Labute approximate surface area is 217 Å². The molecule has 2 heterocycles. The highest BCUT2D eigenvalue weighted by Crippen LogP contribution is 2.31. The Balaban J connectivity index is 0.00000324. The van der Waals surface area contributed by atoms with Crippen molar-refractivity contribution in [2.24, 2.45) is 4.99 Å². The van der Waals surface area contributed by atoms with Gasteiger partial charge < -0.3 is 24.8 Å². The average molecular weight is 576 g/mol. The maximum absolute atomic E-state index is 12.3. The van der Waals surface area contributed by atoms with E-state index in [2.05, 4.69) is 57.2 Å². The van der Waals surface area contributed by atoms with E-state index in [1.165, 1.54) is 5.52 Å². The van der Waals surface area contributed by atoms with Crippen LogP contribution in [0, 0.1) is 6.92 Å². The molecule has 3 aromatic rings. The molecule has 2 N–H and O–H groups in total. The van der Waals surface area contributed by atoms with Crippen molar-refractivity contribution in [2.75, 3.05) is 37.7 Å². The van der Waals surface area contributed by atoms with Crippen molar-refractivity contribution in [3.8, 4) is 5.75 Å². The zero-order valence-corrected chi connectivity index (χ0v) is 22.1. The number of rotatable bonds is 9. The lowest BCUT2D eigenvalue weighted by Gasteiger charge is -2.29. The first-order valence-electron chi connectivity index (χ1n) is 11.6. The van der Waals surface area contributed by atoms with E-state index in [0.29, 0.717) is 13.1 Å². The maximum Gasteiger partial charge on any atom is 0.265 e. The molecule has 9 heteroatoms. The van der Waals surface area contributed by atoms with Crippen molar-refractivity contribution in [2.45, 2.75) is 33.2 Å². The third-order valence-electron chi connectivity index (χ3n) is 5.66.